The molecule has 0 aliphatic carbocycles. The number of likely N-dealkylation sites (N-methyl/N-ethyl adjacent to an activating group) is 1. The molecule has 5 rings (SSSR count). The van der Waals surface area contributed by atoms with Crippen molar-refractivity contribution < 1.29 is 9.53 Å². The standard InChI is InChI=1S/C31H38N6O2/c1-20(2)16-29(36(4)5)31(38)37-15-7-10-28(37)30-33-19-27(35-30)23-8-6-9-25(17-23)39-24-13-11-22(12-14-24)26-18-32-21(3)34-26/h6,8-9,11-14,17-20,28-29H,7,10,15-16H2,1-5H3,(H,32,34)(H,33,35). The van der Waals surface area contributed by atoms with Crippen LogP contribution in [0.2, 0.25) is 0 Å². The topological polar surface area (TPSA) is 90.1 Å². The normalized spacial score (nSPS) is 16.3. The summed E-state index contributed by atoms with van der Waals surface area (Å²) in [5, 5.41) is 0. The van der Waals surface area contributed by atoms with Gasteiger partial charge in [0, 0.05) is 12.1 Å². The molecule has 2 aromatic heterocycles. The number of aromatic nitrogens is 4. The van der Waals surface area contributed by atoms with Crippen LogP contribution in [0.5, 0.6) is 11.5 Å². The Morgan fingerprint density at radius 2 is 1.77 bits per heavy atom. The first-order valence-corrected chi connectivity index (χ1v) is 13.7. The molecule has 1 saturated heterocycles. The van der Waals surface area contributed by atoms with Crippen molar-refractivity contribution in [1.29, 1.82) is 0 Å². The van der Waals surface area contributed by atoms with Crippen molar-refractivity contribution in [2.75, 3.05) is 20.6 Å². The van der Waals surface area contributed by atoms with E-state index >= 15 is 0 Å². The third kappa shape index (κ3) is 6.06. The lowest BCUT2D eigenvalue weighted by atomic mass is 10.0. The van der Waals surface area contributed by atoms with Crippen molar-refractivity contribution in [2.24, 2.45) is 5.92 Å². The molecule has 39 heavy (non-hydrogen) atoms. The second kappa shape index (κ2) is 11.5. The third-order valence-electron chi connectivity index (χ3n) is 7.30. The molecule has 1 amide bonds. The predicted molar refractivity (Wildman–Crippen MR) is 153 cm³/mol. The first-order chi connectivity index (χ1) is 18.8. The van der Waals surface area contributed by atoms with Crippen LogP contribution in [0.15, 0.2) is 60.9 Å². The van der Waals surface area contributed by atoms with Crippen molar-refractivity contribution in [3.63, 3.8) is 0 Å². The van der Waals surface area contributed by atoms with Gasteiger partial charge in [-0.25, -0.2) is 9.97 Å². The molecule has 2 atom stereocenters. The highest BCUT2D eigenvalue weighted by atomic mass is 16.5. The molecule has 204 valence electrons. The van der Waals surface area contributed by atoms with Crippen LogP contribution >= 0.6 is 0 Å². The fraction of sp³-hybridized carbons (Fsp3) is 0.387. The maximum Gasteiger partial charge on any atom is 0.240 e. The molecule has 2 aromatic carbocycles. The van der Waals surface area contributed by atoms with Crippen LogP contribution in [-0.4, -0.2) is 62.3 Å². The molecule has 1 aliphatic rings. The highest BCUT2D eigenvalue weighted by Crippen LogP contribution is 2.34. The average Bonchev–Trinajstić information content (AvgIpc) is 3.68. The van der Waals surface area contributed by atoms with Gasteiger partial charge in [0.25, 0.3) is 0 Å². The van der Waals surface area contributed by atoms with Gasteiger partial charge in [-0.15, -0.1) is 0 Å². The fourth-order valence-corrected chi connectivity index (χ4v) is 5.27. The number of carbonyl (C=O) groups excluding carboxylic acids is 1. The smallest absolute Gasteiger partial charge is 0.240 e. The number of amides is 1. The van der Waals surface area contributed by atoms with Gasteiger partial charge in [-0.1, -0.05) is 26.0 Å². The van der Waals surface area contributed by atoms with E-state index in [0.29, 0.717) is 5.92 Å². The number of benzene rings is 2. The van der Waals surface area contributed by atoms with Gasteiger partial charge in [-0.05, 0) is 88.2 Å². The van der Waals surface area contributed by atoms with Crippen molar-refractivity contribution in [3.05, 3.63) is 72.6 Å². The molecular formula is C31H38N6O2. The maximum absolute atomic E-state index is 13.5. The molecule has 2 unspecified atom stereocenters. The van der Waals surface area contributed by atoms with E-state index in [1.54, 1.807) is 0 Å². The predicted octanol–water partition coefficient (Wildman–Crippen LogP) is 6.21. The van der Waals surface area contributed by atoms with Gasteiger partial charge in [0.2, 0.25) is 5.91 Å². The van der Waals surface area contributed by atoms with Crippen molar-refractivity contribution in [1.82, 2.24) is 29.7 Å². The van der Waals surface area contributed by atoms with E-state index in [0.717, 1.165) is 71.5 Å². The molecule has 8 nitrogen and oxygen atoms in total. The van der Waals surface area contributed by atoms with Gasteiger partial charge < -0.3 is 19.6 Å². The lowest BCUT2D eigenvalue weighted by molar-refractivity contribution is -0.137. The summed E-state index contributed by atoms with van der Waals surface area (Å²) >= 11 is 0. The summed E-state index contributed by atoms with van der Waals surface area (Å²) in [4.78, 5) is 33.3. The fourth-order valence-electron chi connectivity index (χ4n) is 5.27. The minimum absolute atomic E-state index is 0.0301. The van der Waals surface area contributed by atoms with Crippen LogP contribution in [-0.2, 0) is 4.79 Å². The molecule has 1 aliphatic heterocycles. The summed E-state index contributed by atoms with van der Waals surface area (Å²) in [5.41, 5.74) is 3.93. The zero-order valence-electron chi connectivity index (χ0n) is 23.4. The Morgan fingerprint density at radius 1 is 1.03 bits per heavy atom. The summed E-state index contributed by atoms with van der Waals surface area (Å²) in [6, 6.07) is 15.8. The summed E-state index contributed by atoms with van der Waals surface area (Å²) in [6.07, 6.45) is 6.43. The number of imidazole rings is 2. The van der Waals surface area contributed by atoms with Gasteiger partial charge in [0.1, 0.15) is 23.1 Å². The molecule has 4 aromatic rings. The van der Waals surface area contributed by atoms with E-state index in [-0.39, 0.29) is 18.0 Å². The van der Waals surface area contributed by atoms with E-state index in [2.05, 4.69) is 28.8 Å². The van der Waals surface area contributed by atoms with Crippen LogP contribution in [0.1, 0.15) is 50.8 Å². The summed E-state index contributed by atoms with van der Waals surface area (Å²) in [6.45, 7) is 7.04. The van der Waals surface area contributed by atoms with Crippen molar-refractivity contribution >= 4 is 5.91 Å². The number of carbonyl (C=O) groups is 1. The van der Waals surface area contributed by atoms with Crippen LogP contribution < -0.4 is 4.74 Å². The quantitative estimate of drug-likeness (QED) is 0.271. The van der Waals surface area contributed by atoms with E-state index in [1.807, 2.05) is 91.7 Å². The SMILES string of the molecule is Cc1ncc(-c2ccc(Oc3cccc(-c4cnc(C5CCCN5C(=O)C(CC(C)C)N(C)C)[nH]4)c3)cc2)[nH]1. The molecular weight excluding hydrogens is 488 g/mol. The van der Waals surface area contributed by atoms with E-state index in [1.165, 1.54) is 0 Å². The maximum atomic E-state index is 13.5. The Kier molecular flexibility index (Phi) is 7.84. The van der Waals surface area contributed by atoms with Gasteiger partial charge in [-0.2, -0.15) is 0 Å². The molecule has 0 saturated carbocycles. The zero-order valence-corrected chi connectivity index (χ0v) is 23.4. The van der Waals surface area contributed by atoms with Crippen LogP contribution in [0.4, 0.5) is 0 Å². The minimum atomic E-state index is -0.119. The van der Waals surface area contributed by atoms with E-state index in [4.69, 9.17) is 9.72 Å². The van der Waals surface area contributed by atoms with Crippen LogP contribution in [0, 0.1) is 12.8 Å². The number of hydrogen-bond acceptors (Lipinski definition) is 5. The van der Waals surface area contributed by atoms with E-state index < -0.39 is 0 Å². The second-order valence-corrected chi connectivity index (χ2v) is 11.0. The highest BCUT2D eigenvalue weighted by Gasteiger charge is 2.36. The number of ether oxygens (including phenoxy) is 1. The second-order valence-electron chi connectivity index (χ2n) is 11.0. The number of aromatic amines is 2. The van der Waals surface area contributed by atoms with Crippen molar-refractivity contribution in [3.8, 4) is 34.0 Å². The summed E-state index contributed by atoms with van der Waals surface area (Å²) < 4.78 is 6.15. The monoisotopic (exact) mass is 526 g/mol. The first kappa shape index (κ1) is 26.7. The van der Waals surface area contributed by atoms with Gasteiger partial charge in [0.15, 0.2) is 0 Å². The number of nitrogens with zero attached hydrogens (tertiary/aromatic N) is 4. The third-order valence-corrected chi connectivity index (χ3v) is 7.30. The Bertz CT molecular complexity index is 1400. The lowest BCUT2D eigenvalue weighted by Crippen LogP contribution is -2.46. The largest absolute Gasteiger partial charge is 0.457 e. The number of likely N-dealkylation sites (tertiary alicyclic amines) is 1. The Hall–Kier alpha value is -3.91. The molecule has 3 heterocycles. The number of hydrogen-bond donors (Lipinski definition) is 2. The highest BCUT2D eigenvalue weighted by molar-refractivity contribution is 5.82. The summed E-state index contributed by atoms with van der Waals surface area (Å²) in [7, 11) is 3.98. The van der Waals surface area contributed by atoms with Gasteiger partial charge in [0.05, 0.1) is 35.9 Å². The molecule has 2 N–H and O–H groups in total. The van der Waals surface area contributed by atoms with E-state index in [9.17, 15) is 4.79 Å². The number of rotatable bonds is 9. The Labute approximate surface area is 230 Å². The molecule has 1 fully saturated rings. The number of aryl methyl sites for hydroxylation is 1. The number of H-pyrrole nitrogens is 2. The Balaban J connectivity index is 1.29. The molecule has 0 radical (unpaired) electrons. The lowest BCUT2D eigenvalue weighted by Gasteiger charge is -2.32. The van der Waals surface area contributed by atoms with Crippen LogP contribution in [0.25, 0.3) is 22.5 Å². The number of nitrogens with one attached hydrogen (secondary N) is 2. The molecule has 0 bridgehead atoms. The zero-order chi connectivity index (χ0) is 27.5. The molecule has 8 heteroatoms. The Morgan fingerprint density at radius 3 is 2.46 bits per heavy atom. The summed E-state index contributed by atoms with van der Waals surface area (Å²) in [5.74, 6) is 3.88. The van der Waals surface area contributed by atoms with Crippen LogP contribution in [0.3, 0.4) is 0 Å². The first-order valence-electron chi connectivity index (χ1n) is 13.7. The molecule has 0 spiro atoms. The van der Waals surface area contributed by atoms with Crippen molar-refractivity contribution in [2.45, 2.75) is 52.1 Å². The average molecular weight is 527 g/mol. The minimum Gasteiger partial charge on any atom is -0.457 e. The van der Waals surface area contributed by atoms with Gasteiger partial charge >= 0.3 is 0 Å². The van der Waals surface area contributed by atoms with Gasteiger partial charge in [-0.3, -0.25) is 9.69 Å².